The van der Waals surface area contributed by atoms with Gasteiger partial charge in [0.15, 0.2) is 0 Å². The number of rotatable bonds is 2. The third-order valence-corrected chi connectivity index (χ3v) is 1.85. The van der Waals surface area contributed by atoms with Gasteiger partial charge >= 0.3 is 12.1 Å². The highest BCUT2D eigenvalue weighted by molar-refractivity contribution is 5.89. The fourth-order valence-electron chi connectivity index (χ4n) is 1.17. The van der Waals surface area contributed by atoms with Crippen molar-refractivity contribution in [1.82, 2.24) is 4.57 Å². The fraction of sp³-hybridized carbons (Fsp3) is 0.300. The van der Waals surface area contributed by atoms with Crippen LogP contribution >= 0.6 is 0 Å². The Kier molecular flexibility index (Phi) is 3.28. The van der Waals surface area contributed by atoms with Crippen LogP contribution < -0.4 is 0 Å². The zero-order valence-electron chi connectivity index (χ0n) is 8.30. The first-order valence-electron chi connectivity index (χ1n) is 4.26. The molecule has 0 spiro atoms. The summed E-state index contributed by atoms with van der Waals surface area (Å²) < 4.78 is 38.4. The zero-order chi connectivity index (χ0) is 12.3. The highest BCUT2D eigenvalue weighted by Gasteiger charge is 2.36. The Morgan fingerprint density at radius 1 is 1.50 bits per heavy atom. The van der Waals surface area contributed by atoms with Crippen LogP contribution in [0.1, 0.15) is 22.8 Å². The SMILES string of the molecule is CC#CCn1cc(C(=O)O)c(C(F)(F)F)c1. The number of hydrogen-bond acceptors (Lipinski definition) is 1. The minimum absolute atomic E-state index is 0.0346. The lowest BCUT2D eigenvalue weighted by molar-refractivity contribution is -0.138. The number of carboxylic acid groups (broad SMARTS) is 1. The van der Waals surface area contributed by atoms with Crippen LogP contribution in [0.4, 0.5) is 13.2 Å². The van der Waals surface area contributed by atoms with Crippen molar-refractivity contribution >= 4 is 5.97 Å². The van der Waals surface area contributed by atoms with E-state index in [2.05, 4.69) is 11.8 Å². The number of carbonyl (C=O) groups is 1. The van der Waals surface area contributed by atoms with E-state index in [4.69, 9.17) is 5.11 Å². The molecule has 1 aromatic heterocycles. The van der Waals surface area contributed by atoms with Crippen LogP contribution in [0, 0.1) is 11.8 Å². The average Bonchev–Trinajstić information content (AvgIpc) is 2.58. The Morgan fingerprint density at radius 2 is 2.12 bits per heavy atom. The summed E-state index contributed by atoms with van der Waals surface area (Å²) in [4.78, 5) is 10.6. The number of nitrogens with zero attached hydrogens (tertiary/aromatic N) is 1. The lowest BCUT2D eigenvalue weighted by atomic mass is 10.2. The van der Waals surface area contributed by atoms with Gasteiger partial charge in [0.25, 0.3) is 0 Å². The van der Waals surface area contributed by atoms with Crippen molar-refractivity contribution in [2.75, 3.05) is 0 Å². The van der Waals surface area contributed by atoms with Crippen molar-refractivity contribution in [3.8, 4) is 11.8 Å². The maximum absolute atomic E-state index is 12.4. The molecule has 0 saturated carbocycles. The van der Waals surface area contributed by atoms with Gasteiger partial charge in [0.05, 0.1) is 17.7 Å². The first-order chi connectivity index (χ1) is 7.36. The van der Waals surface area contributed by atoms with E-state index in [1.165, 1.54) is 0 Å². The summed E-state index contributed by atoms with van der Waals surface area (Å²) in [6.07, 6.45) is -3.00. The third kappa shape index (κ3) is 2.57. The van der Waals surface area contributed by atoms with E-state index in [1.54, 1.807) is 6.92 Å². The summed E-state index contributed by atoms with van der Waals surface area (Å²) in [5.74, 6) is 3.46. The van der Waals surface area contributed by atoms with Gasteiger partial charge in [-0.25, -0.2) is 4.79 Å². The summed E-state index contributed by atoms with van der Waals surface area (Å²) >= 11 is 0. The molecule has 3 nitrogen and oxygen atoms in total. The summed E-state index contributed by atoms with van der Waals surface area (Å²) in [7, 11) is 0. The van der Waals surface area contributed by atoms with Gasteiger partial charge < -0.3 is 9.67 Å². The highest BCUT2D eigenvalue weighted by Crippen LogP contribution is 2.32. The molecule has 0 aliphatic heterocycles. The molecular weight excluding hydrogens is 223 g/mol. The second-order valence-corrected chi connectivity index (χ2v) is 2.99. The van der Waals surface area contributed by atoms with E-state index in [0.717, 1.165) is 17.0 Å². The van der Waals surface area contributed by atoms with Gasteiger partial charge in [-0.05, 0) is 6.92 Å². The number of halogens is 3. The van der Waals surface area contributed by atoms with Crippen molar-refractivity contribution in [2.24, 2.45) is 0 Å². The van der Waals surface area contributed by atoms with E-state index in [9.17, 15) is 18.0 Å². The normalized spacial score (nSPS) is 10.8. The molecule has 0 bridgehead atoms. The Morgan fingerprint density at radius 3 is 2.50 bits per heavy atom. The second kappa shape index (κ2) is 4.31. The van der Waals surface area contributed by atoms with Crippen molar-refractivity contribution in [1.29, 1.82) is 0 Å². The molecule has 0 aliphatic carbocycles. The van der Waals surface area contributed by atoms with E-state index in [1.807, 2.05) is 0 Å². The topological polar surface area (TPSA) is 42.2 Å². The Labute approximate surface area is 89.5 Å². The minimum Gasteiger partial charge on any atom is -0.478 e. The van der Waals surface area contributed by atoms with Crippen LogP contribution in [0.2, 0.25) is 0 Å². The maximum atomic E-state index is 12.4. The lowest BCUT2D eigenvalue weighted by Crippen LogP contribution is -2.09. The molecule has 0 aromatic carbocycles. The van der Waals surface area contributed by atoms with Gasteiger partial charge in [-0.15, -0.1) is 5.92 Å². The highest BCUT2D eigenvalue weighted by atomic mass is 19.4. The molecule has 0 atom stereocenters. The van der Waals surface area contributed by atoms with Crippen LogP contribution in [-0.2, 0) is 12.7 Å². The number of aromatic nitrogens is 1. The first kappa shape index (κ1) is 12.2. The summed E-state index contributed by atoms with van der Waals surface area (Å²) in [6, 6.07) is 0. The standard InChI is InChI=1S/C10H8F3NO2/c1-2-3-4-14-5-7(9(15)16)8(6-14)10(11,12)13/h5-6H,4H2,1H3,(H,15,16). The summed E-state index contributed by atoms with van der Waals surface area (Å²) in [6.45, 7) is 1.58. The van der Waals surface area contributed by atoms with Crippen LogP contribution in [0.15, 0.2) is 12.4 Å². The average molecular weight is 231 g/mol. The molecule has 0 amide bonds. The second-order valence-electron chi connectivity index (χ2n) is 2.99. The molecule has 0 fully saturated rings. The van der Waals surface area contributed by atoms with Gasteiger partial charge in [0, 0.05) is 12.4 Å². The predicted octanol–water partition coefficient (Wildman–Crippen LogP) is 2.23. The predicted molar refractivity (Wildman–Crippen MR) is 49.8 cm³/mol. The van der Waals surface area contributed by atoms with Crippen LogP contribution in [0.25, 0.3) is 0 Å². The third-order valence-electron chi connectivity index (χ3n) is 1.85. The Bertz CT molecular complexity index is 463. The molecule has 1 rings (SSSR count). The van der Waals surface area contributed by atoms with Gasteiger partial charge in [0.2, 0.25) is 0 Å². The minimum atomic E-state index is -4.67. The van der Waals surface area contributed by atoms with E-state index in [0.29, 0.717) is 0 Å². The van der Waals surface area contributed by atoms with E-state index >= 15 is 0 Å². The smallest absolute Gasteiger partial charge is 0.418 e. The number of hydrogen-bond donors (Lipinski definition) is 1. The molecule has 1 heterocycles. The molecule has 0 saturated heterocycles. The summed E-state index contributed by atoms with van der Waals surface area (Å²) in [5.41, 5.74) is -1.91. The molecule has 0 aliphatic rings. The van der Waals surface area contributed by atoms with E-state index < -0.39 is 23.3 Å². The largest absolute Gasteiger partial charge is 0.478 e. The van der Waals surface area contributed by atoms with E-state index in [-0.39, 0.29) is 6.54 Å². The monoisotopic (exact) mass is 231 g/mol. The Balaban J connectivity index is 3.19. The fourth-order valence-corrected chi connectivity index (χ4v) is 1.17. The van der Waals surface area contributed by atoms with Crippen molar-refractivity contribution in [3.63, 3.8) is 0 Å². The quantitative estimate of drug-likeness (QED) is 0.793. The van der Waals surface area contributed by atoms with Gasteiger partial charge in [0.1, 0.15) is 0 Å². The van der Waals surface area contributed by atoms with Gasteiger partial charge in [-0.1, -0.05) is 5.92 Å². The van der Waals surface area contributed by atoms with Gasteiger partial charge in [-0.2, -0.15) is 13.2 Å². The molecule has 0 unspecified atom stereocenters. The molecule has 6 heteroatoms. The number of carboxylic acids is 1. The zero-order valence-corrected chi connectivity index (χ0v) is 8.30. The first-order valence-corrected chi connectivity index (χ1v) is 4.26. The molecule has 1 aromatic rings. The summed E-state index contributed by atoms with van der Waals surface area (Å²) in [5, 5.41) is 8.62. The number of aromatic carboxylic acids is 1. The van der Waals surface area contributed by atoms with Crippen LogP contribution in [0.3, 0.4) is 0 Å². The molecule has 86 valence electrons. The number of alkyl halides is 3. The van der Waals surface area contributed by atoms with Crippen LogP contribution in [0.5, 0.6) is 0 Å². The lowest BCUT2D eigenvalue weighted by Gasteiger charge is -2.03. The van der Waals surface area contributed by atoms with Crippen molar-refractivity contribution in [3.05, 3.63) is 23.5 Å². The molecule has 1 N–H and O–H groups in total. The Hall–Kier alpha value is -1.90. The molecule has 16 heavy (non-hydrogen) atoms. The molecular formula is C10H8F3NO2. The maximum Gasteiger partial charge on any atom is 0.418 e. The van der Waals surface area contributed by atoms with Crippen molar-refractivity contribution < 1.29 is 23.1 Å². The van der Waals surface area contributed by atoms with Crippen molar-refractivity contribution in [2.45, 2.75) is 19.6 Å². The van der Waals surface area contributed by atoms with Gasteiger partial charge in [-0.3, -0.25) is 0 Å². The molecule has 0 radical (unpaired) electrons. The van der Waals surface area contributed by atoms with Crippen LogP contribution in [-0.4, -0.2) is 15.6 Å².